The lowest BCUT2D eigenvalue weighted by molar-refractivity contribution is -0.122. The normalized spacial score (nSPS) is 14.0. The zero-order chi connectivity index (χ0) is 17.6. The van der Waals surface area contributed by atoms with Crippen molar-refractivity contribution in [2.45, 2.75) is 32.2 Å². The van der Waals surface area contributed by atoms with Crippen LogP contribution in [0.3, 0.4) is 0 Å². The fraction of sp³-hybridized carbons (Fsp3) is 0.412. The molecule has 1 aromatic carbocycles. The number of benzene rings is 1. The van der Waals surface area contributed by atoms with E-state index in [0.717, 1.165) is 24.8 Å². The van der Waals surface area contributed by atoms with Gasteiger partial charge >= 0.3 is 0 Å². The molecule has 1 saturated carbocycles. The van der Waals surface area contributed by atoms with Gasteiger partial charge in [0.1, 0.15) is 12.4 Å². The number of aromatic nitrogens is 3. The van der Waals surface area contributed by atoms with E-state index in [1.165, 1.54) is 23.0 Å². The average Bonchev–Trinajstić information content (AvgIpc) is 2.94. The van der Waals surface area contributed by atoms with Gasteiger partial charge in [0.25, 0.3) is 0 Å². The zero-order valence-corrected chi connectivity index (χ0v) is 13.7. The van der Waals surface area contributed by atoms with Gasteiger partial charge in [-0.15, -0.1) is 5.10 Å². The van der Waals surface area contributed by atoms with Crippen molar-refractivity contribution in [3.8, 4) is 0 Å². The first kappa shape index (κ1) is 17.1. The smallest absolute Gasteiger partial charge is 0.241 e. The molecule has 25 heavy (non-hydrogen) atoms. The van der Waals surface area contributed by atoms with Gasteiger partial charge in [-0.3, -0.25) is 9.59 Å². The quantitative estimate of drug-likeness (QED) is 0.796. The Balaban J connectivity index is 1.40. The van der Waals surface area contributed by atoms with Crippen LogP contribution < -0.4 is 10.6 Å². The summed E-state index contributed by atoms with van der Waals surface area (Å²) in [6.07, 6.45) is 5.07. The van der Waals surface area contributed by atoms with Crippen molar-refractivity contribution in [1.82, 2.24) is 20.3 Å². The molecular weight excluding hydrogens is 325 g/mol. The molecule has 1 aliphatic rings. The maximum atomic E-state index is 12.8. The second kappa shape index (κ2) is 7.87. The maximum Gasteiger partial charge on any atom is 0.241 e. The minimum absolute atomic E-state index is 0.0235. The summed E-state index contributed by atoms with van der Waals surface area (Å²) in [6.45, 7) is 0.472. The summed E-state index contributed by atoms with van der Waals surface area (Å²) in [4.78, 5) is 23.7. The summed E-state index contributed by atoms with van der Waals surface area (Å²) in [7, 11) is 0. The van der Waals surface area contributed by atoms with Gasteiger partial charge in [0.2, 0.25) is 11.8 Å². The van der Waals surface area contributed by atoms with E-state index in [1.54, 1.807) is 12.1 Å². The standard InChI is InChI=1S/C17H20FN5O2/c18-14-6-4-12(5-7-14)8-9-19-16(24)11-23-10-15(21-22-23)20-17(25)13-2-1-3-13/h4-7,10,13H,1-3,8-9,11H2,(H,19,24)(H,20,25). The van der Waals surface area contributed by atoms with Crippen molar-refractivity contribution in [3.05, 3.63) is 41.8 Å². The molecule has 1 fully saturated rings. The van der Waals surface area contributed by atoms with Gasteiger partial charge in [-0.2, -0.15) is 0 Å². The van der Waals surface area contributed by atoms with Crippen LogP contribution in [0.1, 0.15) is 24.8 Å². The van der Waals surface area contributed by atoms with Crippen molar-refractivity contribution >= 4 is 17.6 Å². The van der Waals surface area contributed by atoms with Crippen LogP contribution in [0.15, 0.2) is 30.5 Å². The number of hydrogen-bond donors (Lipinski definition) is 2. The molecule has 0 aliphatic heterocycles. The third-order valence-corrected chi connectivity index (χ3v) is 4.22. The highest BCUT2D eigenvalue weighted by Crippen LogP contribution is 2.27. The predicted molar refractivity (Wildman–Crippen MR) is 89.1 cm³/mol. The SMILES string of the molecule is O=C(Cn1cc(NC(=O)C2CCC2)nn1)NCCc1ccc(F)cc1. The Morgan fingerprint density at radius 3 is 2.68 bits per heavy atom. The number of halogens is 1. The summed E-state index contributed by atoms with van der Waals surface area (Å²) >= 11 is 0. The predicted octanol–water partition coefficient (Wildman–Crippen LogP) is 1.51. The van der Waals surface area contributed by atoms with E-state index in [-0.39, 0.29) is 30.1 Å². The van der Waals surface area contributed by atoms with Crippen LogP contribution in [0.2, 0.25) is 0 Å². The lowest BCUT2D eigenvalue weighted by Gasteiger charge is -2.23. The number of carbonyl (C=O) groups excluding carboxylic acids is 2. The van der Waals surface area contributed by atoms with Crippen LogP contribution in [-0.4, -0.2) is 33.4 Å². The van der Waals surface area contributed by atoms with Gasteiger partial charge in [-0.1, -0.05) is 23.8 Å². The maximum absolute atomic E-state index is 12.8. The van der Waals surface area contributed by atoms with E-state index in [1.807, 2.05) is 0 Å². The molecule has 0 spiro atoms. The molecule has 2 aromatic rings. The molecule has 1 aromatic heterocycles. The lowest BCUT2D eigenvalue weighted by atomic mass is 9.85. The van der Waals surface area contributed by atoms with E-state index in [0.29, 0.717) is 18.8 Å². The van der Waals surface area contributed by atoms with E-state index in [2.05, 4.69) is 20.9 Å². The topological polar surface area (TPSA) is 88.9 Å². The van der Waals surface area contributed by atoms with Gasteiger partial charge < -0.3 is 10.6 Å². The first-order valence-electron chi connectivity index (χ1n) is 8.32. The van der Waals surface area contributed by atoms with Crippen molar-refractivity contribution < 1.29 is 14.0 Å². The van der Waals surface area contributed by atoms with Crippen LogP contribution in [-0.2, 0) is 22.6 Å². The molecule has 132 valence electrons. The molecule has 0 bridgehead atoms. The zero-order valence-electron chi connectivity index (χ0n) is 13.7. The Kier molecular flexibility index (Phi) is 5.37. The Morgan fingerprint density at radius 1 is 1.24 bits per heavy atom. The summed E-state index contributed by atoms with van der Waals surface area (Å²) in [5.74, 6) is -0.0963. The molecule has 0 radical (unpaired) electrons. The number of amides is 2. The number of carbonyl (C=O) groups is 2. The highest BCUT2D eigenvalue weighted by Gasteiger charge is 2.25. The van der Waals surface area contributed by atoms with Crippen LogP contribution in [0.4, 0.5) is 10.2 Å². The number of rotatable bonds is 7. The first-order valence-corrected chi connectivity index (χ1v) is 8.32. The molecule has 2 N–H and O–H groups in total. The Labute approximate surface area is 144 Å². The first-order chi connectivity index (χ1) is 12.1. The van der Waals surface area contributed by atoms with Crippen LogP contribution in [0, 0.1) is 11.7 Å². The summed E-state index contributed by atoms with van der Waals surface area (Å²) in [5, 5.41) is 13.2. The highest BCUT2D eigenvalue weighted by molar-refractivity contribution is 5.92. The van der Waals surface area contributed by atoms with Gasteiger partial charge in [0.05, 0.1) is 6.20 Å². The largest absolute Gasteiger partial charge is 0.354 e. The lowest BCUT2D eigenvalue weighted by Crippen LogP contribution is -2.29. The van der Waals surface area contributed by atoms with E-state index in [9.17, 15) is 14.0 Å². The number of nitrogens with zero attached hydrogens (tertiary/aromatic N) is 3. The summed E-state index contributed by atoms with van der Waals surface area (Å²) in [6, 6.07) is 6.17. The van der Waals surface area contributed by atoms with E-state index in [4.69, 9.17) is 0 Å². The Hall–Kier alpha value is -2.77. The second-order valence-corrected chi connectivity index (χ2v) is 6.14. The molecular formula is C17H20FN5O2. The van der Waals surface area contributed by atoms with Crippen molar-refractivity contribution in [2.24, 2.45) is 5.92 Å². The van der Waals surface area contributed by atoms with Gasteiger partial charge in [-0.05, 0) is 37.0 Å². The van der Waals surface area contributed by atoms with Crippen molar-refractivity contribution in [2.75, 3.05) is 11.9 Å². The number of nitrogens with one attached hydrogen (secondary N) is 2. The molecule has 3 rings (SSSR count). The van der Waals surface area contributed by atoms with Gasteiger partial charge in [0.15, 0.2) is 5.82 Å². The third-order valence-electron chi connectivity index (χ3n) is 4.22. The van der Waals surface area contributed by atoms with Crippen LogP contribution in [0.25, 0.3) is 0 Å². The van der Waals surface area contributed by atoms with Gasteiger partial charge in [-0.25, -0.2) is 9.07 Å². The van der Waals surface area contributed by atoms with Crippen LogP contribution in [0.5, 0.6) is 0 Å². The van der Waals surface area contributed by atoms with Gasteiger partial charge in [0, 0.05) is 12.5 Å². The minimum Gasteiger partial charge on any atom is -0.354 e. The van der Waals surface area contributed by atoms with Crippen molar-refractivity contribution in [1.29, 1.82) is 0 Å². The molecule has 0 atom stereocenters. The molecule has 0 saturated heterocycles. The molecule has 2 amide bonds. The fourth-order valence-electron chi connectivity index (χ4n) is 2.53. The molecule has 1 aliphatic carbocycles. The van der Waals surface area contributed by atoms with Crippen molar-refractivity contribution in [3.63, 3.8) is 0 Å². The molecule has 1 heterocycles. The Bertz CT molecular complexity index is 740. The summed E-state index contributed by atoms with van der Waals surface area (Å²) in [5.41, 5.74) is 0.948. The Morgan fingerprint density at radius 2 is 2.00 bits per heavy atom. The van der Waals surface area contributed by atoms with E-state index < -0.39 is 0 Å². The van der Waals surface area contributed by atoms with E-state index >= 15 is 0 Å². The second-order valence-electron chi connectivity index (χ2n) is 6.14. The highest BCUT2D eigenvalue weighted by atomic mass is 19.1. The summed E-state index contributed by atoms with van der Waals surface area (Å²) < 4.78 is 14.2. The minimum atomic E-state index is -0.279. The van der Waals surface area contributed by atoms with Crippen LogP contribution >= 0.6 is 0 Å². The molecule has 7 nitrogen and oxygen atoms in total. The monoisotopic (exact) mass is 345 g/mol. The number of hydrogen-bond acceptors (Lipinski definition) is 4. The third kappa shape index (κ3) is 4.85. The average molecular weight is 345 g/mol. The molecule has 8 heteroatoms. The number of anilines is 1. The molecule has 0 unspecified atom stereocenters. The fourth-order valence-corrected chi connectivity index (χ4v) is 2.53.